The van der Waals surface area contributed by atoms with E-state index < -0.39 is 0 Å². The van der Waals surface area contributed by atoms with Crippen molar-refractivity contribution >= 4 is 0 Å². The number of unbranched alkanes of at least 4 members (excludes halogenated alkanes) is 1. The molecule has 0 bridgehead atoms. The van der Waals surface area contributed by atoms with E-state index in [4.69, 9.17) is 0 Å². The van der Waals surface area contributed by atoms with Gasteiger partial charge in [0.2, 0.25) is 0 Å². The Bertz CT molecular complexity index is 341. The maximum Gasteiger partial charge on any atom is 0.146 e. The molecule has 18 heavy (non-hydrogen) atoms. The molecule has 0 aliphatic carbocycles. The molecular weight excluding hydrogens is 227 g/mol. The van der Waals surface area contributed by atoms with Crippen LogP contribution in [0.1, 0.15) is 58.1 Å². The van der Waals surface area contributed by atoms with Gasteiger partial charge < -0.3 is 5.32 Å². The lowest BCUT2D eigenvalue weighted by molar-refractivity contribution is 0.320. The van der Waals surface area contributed by atoms with Crippen molar-refractivity contribution in [1.29, 1.82) is 0 Å². The molecular formula is C15H25FN2. The zero-order valence-corrected chi connectivity index (χ0v) is 11.7. The number of hydrogen-bond donors (Lipinski definition) is 1. The Morgan fingerprint density at radius 2 is 2.11 bits per heavy atom. The van der Waals surface area contributed by atoms with Gasteiger partial charge in [-0.25, -0.2) is 4.39 Å². The van der Waals surface area contributed by atoms with Crippen molar-refractivity contribution in [2.24, 2.45) is 5.92 Å². The Morgan fingerprint density at radius 3 is 2.67 bits per heavy atom. The summed E-state index contributed by atoms with van der Waals surface area (Å²) < 4.78 is 13.9. The van der Waals surface area contributed by atoms with Crippen molar-refractivity contribution in [3.63, 3.8) is 0 Å². The quantitative estimate of drug-likeness (QED) is 0.754. The summed E-state index contributed by atoms with van der Waals surface area (Å²) in [7, 11) is 0. The molecule has 0 aromatic carbocycles. The third-order valence-electron chi connectivity index (χ3n) is 3.49. The van der Waals surface area contributed by atoms with E-state index in [0.29, 0.717) is 5.92 Å². The normalized spacial score (nSPS) is 14.4. The maximum atomic E-state index is 13.9. The SMILES string of the molecule is CCCCC(CC)C(NCC)c1ccncc1F. The minimum Gasteiger partial charge on any atom is -0.310 e. The van der Waals surface area contributed by atoms with Crippen LogP contribution in [0.5, 0.6) is 0 Å². The average molecular weight is 252 g/mol. The van der Waals surface area contributed by atoms with E-state index in [1.165, 1.54) is 19.0 Å². The molecule has 2 unspecified atom stereocenters. The Balaban J connectivity index is 2.89. The van der Waals surface area contributed by atoms with Gasteiger partial charge in [-0.15, -0.1) is 0 Å². The van der Waals surface area contributed by atoms with Gasteiger partial charge in [-0.3, -0.25) is 4.98 Å². The highest BCUT2D eigenvalue weighted by Gasteiger charge is 2.23. The predicted molar refractivity (Wildman–Crippen MR) is 73.9 cm³/mol. The van der Waals surface area contributed by atoms with Gasteiger partial charge >= 0.3 is 0 Å². The third kappa shape index (κ3) is 4.05. The first-order chi connectivity index (χ1) is 8.74. The van der Waals surface area contributed by atoms with Crippen LogP contribution in [-0.4, -0.2) is 11.5 Å². The van der Waals surface area contributed by atoms with E-state index in [1.54, 1.807) is 12.3 Å². The summed E-state index contributed by atoms with van der Waals surface area (Å²) in [5.41, 5.74) is 0.759. The van der Waals surface area contributed by atoms with Gasteiger partial charge in [-0.2, -0.15) is 0 Å². The molecule has 0 aliphatic heterocycles. The highest BCUT2D eigenvalue weighted by Crippen LogP contribution is 2.30. The zero-order valence-electron chi connectivity index (χ0n) is 11.7. The van der Waals surface area contributed by atoms with E-state index >= 15 is 0 Å². The molecule has 2 nitrogen and oxygen atoms in total. The van der Waals surface area contributed by atoms with E-state index in [9.17, 15) is 4.39 Å². The second-order valence-electron chi connectivity index (χ2n) is 4.74. The van der Waals surface area contributed by atoms with Crippen LogP contribution >= 0.6 is 0 Å². The van der Waals surface area contributed by atoms with Gasteiger partial charge in [0.05, 0.1) is 6.20 Å². The van der Waals surface area contributed by atoms with Gasteiger partial charge in [0, 0.05) is 17.8 Å². The number of pyridine rings is 1. The topological polar surface area (TPSA) is 24.9 Å². The summed E-state index contributed by atoms with van der Waals surface area (Å²) in [6, 6.07) is 1.91. The van der Waals surface area contributed by atoms with Crippen molar-refractivity contribution in [2.45, 2.75) is 52.5 Å². The lowest BCUT2D eigenvalue weighted by Crippen LogP contribution is -2.29. The summed E-state index contributed by atoms with van der Waals surface area (Å²) in [6.07, 6.45) is 7.59. The van der Waals surface area contributed by atoms with Gasteiger partial charge in [0.1, 0.15) is 5.82 Å². The molecule has 0 spiro atoms. The van der Waals surface area contributed by atoms with Crippen molar-refractivity contribution in [3.8, 4) is 0 Å². The summed E-state index contributed by atoms with van der Waals surface area (Å²) in [5, 5.41) is 3.43. The smallest absolute Gasteiger partial charge is 0.146 e. The summed E-state index contributed by atoms with van der Waals surface area (Å²) in [4.78, 5) is 3.83. The Morgan fingerprint density at radius 1 is 1.33 bits per heavy atom. The van der Waals surface area contributed by atoms with Crippen LogP contribution in [0.4, 0.5) is 4.39 Å². The first kappa shape index (κ1) is 15.1. The van der Waals surface area contributed by atoms with E-state index in [0.717, 1.165) is 24.9 Å². The second kappa shape index (κ2) is 8.20. The molecule has 1 rings (SSSR count). The number of nitrogens with zero attached hydrogens (tertiary/aromatic N) is 1. The highest BCUT2D eigenvalue weighted by molar-refractivity contribution is 5.18. The van der Waals surface area contributed by atoms with Crippen LogP contribution < -0.4 is 5.32 Å². The van der Waals surface area contributed by atoms with Crippen LogP contribution in [0.3, 0.4) is 0 Å². The number of nitrogens with one attached hydrogen (secondary N) is 1. The number of aromatic nitrogens is 1. The van der Waals surface area contributed by atoms with Crippen LogP contribution in [0.2, 0.25) is 0 Å². The summed E-state index contributed by atoms with van der Waals surface area (Å²) in [6.45, 7) is 7.31. The molecule has 1 heterocycles. The number of rotatable bonds is 8. The van der Waals surface area contributed by atoms with Crippen molar-refractivity contribution < 1.29 is 4.39 Å². The van der Waals surface area contributed by atoms with Gasteiger partial charge in [-0.05, 0) is 24.9 Å². The minimum atomic E-state index is -0.196. The Hall–Kier alpha value is -0.960. The number of halogens is 1. The van der Waals surface area contributed by atoms with Crippen LogP contribution in [0.15, 0.2) is 18.5 Å². The molecule has 102 valence electrons. The molecule has 2 atom stereocenters. The molecule has 3 heteroatoms. The first-order valence-electron chi connectivity index (χ1n) is 7.07. The minimum absolute atomic E-state index is 0.106. The Labute approximate surface area is 110 Å². The zero-order chi connectivity index (χ0) is 13.4. The monoisotopic (exact) mass is 252 g/mol. The van der Waals surface area contributed by atoms with Crippen molar-refractivity contribution in [2.75, 3.05) is 6.54 Å². The fraction of sp³-hybridized carbons (Fsp3) is 0.667. The molecule has 1 N–H and O–H groups in total. The second-order valence-corrected chi connectivity index (χ2v) is 4.74. The molecule has 0 saturated carbocycles. The predicted octanol–water partition coefficient (Wildman–Crippen LogP) is 4.09. The standard InChI is InChI=1S/C15H25FN2/c1-4-7-8-12(5-2)15(18-6-3)13-9-10-17-11-14(13)16/h9-12,15,18H,4-8H2,1-3H3. The van der Waals surface area contributed by atoms with E-state index in [1.807, 2.05) is 0 Å². The lowest BCUT2D eigenvalue weighted by Gasteiger charge is -2.27. The van der Waals surface area contributed by atoms with E-state index in [2.05, 4.69) is 31.1 Å². The first-order valence-corrected chi connectivity index (χ1v) is 7.07. The summed E-state index contributed by atoms with van der Waals surface area (Å²) >= 11 is 0. The average Bonchev–Trinajstić information content (AvgIpc) is 2.39. The van der Waals surface area contributed by atoms with E-state index in [-0.39, 0.29) is 11.9 Å². The van der Waals surface area contributed by atoms with Crippen molar-refractivity contribution in [1.82, 2.24) is 10.3 Å². The molecule has 0 fully saturated rings. The fourth-order valence-corrected chi connectivity index (χ4v) is 2.46. The Kier molecular flexibility index (Phi) is 6.88. The molecule has 0 amide bonds. The molecule has 0 saturated heterocycles. The lowest BCUT2D eigenvalue weighted by atomic mass is 9.87. The van der Waals surface area contributed by atoms with Crippen LogP contribution in [0, 0.1) is 11.7 Å². The summed E-state index contributed by atoms with van der Waals surface area (Å²) in [5.74, 6) is 0.292. The molecule has 0 radical (unpaired) electrons. The van der Waals surface area contributed by atoms with Crippen LogP contribution in [0.25, 0.3) is 0 Å². The molecule has 1 aromatic rings. The fourth-order valence-electron chi connectivity index (χ4n) is 2.46. The largest absolute Gasteiger partial charge is 0.310 e. The molecule has 0 aliphatic rings. The van der Waals surface area contributed by atoms with Gasteiger partial charge in [0.15, 0.2) is 0 Å². The number of hydrogen-bond acceptors (Lipinski definition) is 2. The maximum absolute atomic E-state index is 13.9. The van der Waals surface area contributed by atoms with Crippen molar-refractivity contribution in [3.05, 3.63) is 29.8 Å². The third-order valence-corrected chi connectivity index (χ3v) is 3.49. The van der Waals surface area contributed by atoms with Gasteiger partial charge in [-0.1, -0.05) is 40.0 Å². The van der Waals surface area contributed by atoms with Crippen LogP contribution in [-0.2, 0) is 0 Å². The van der Waals surface area contributed by atoms with Gasteiger partial charge in [0.25, 0.3) is 0 Å². The highest BCUT2D eigenvalue weighted by atomic mass is 19.1. The molecule has 1 aromatic heterocycles.